The van der Waals surface area contributed by atoms with E-state index < -0.39 is 0 Å². The van der Waals surface area contributed by atoms with Crippen LogP contribution >= 0.6 is 0 Å². The van der Waals surface area contributed by atoms with Gasteiger partial charge in [0.2, 0.25) is 0 Å². The van der Waals surface area contributed by atoms with Crippen LogP contribution in [0.15, 0.2) is 0 Å². The summed E-state index contributed by atoms with van der Waals surface area (Å²) < 4.78 is 0. The van der Waals surface area contributed by atoms with E-state index in [9.17, 15) is 0 Å². The molecule has 0 rings (SSSR count). The van der Waals surface area contributed by atoms with E-state index in [1.54, 1.807) is 0 Å². The molecule has 0 unspecified atom stereocenters. The summed E-state index contributed by atoms with van der Waals surface area (Å²) in [7, 11) is 0. The van der Waals surface area contributed by atoms with Gasteiger partial charge in [-0.15, -0.1) is 0 Å². The van der Waals surface area contributed by atoms with Crippen LogP contribution in [0.5, 0.6) is 0 Å². The van der Waals surface area contributed by atoms with E-state index in [-0.39, 0.29) is 32.7 Å². The third-order valence-electron chi connectivity index (χ3n) is 2.06. The van der Waals surface area contributed by atoms with E-state index in [2.05, 4.69) is 27.7 Å². The first-order valence-electron chi connectivity index (χ1n) is 3.27. The second-order valence-corrected chi connectivity index (χ2v) is 2.66. The van der Waals surface area contributed by atoms with E-state index in [1.807, 2.05) is 0 Å². The van der Waals surface area contributed by atoms with Crippen molar-refractivity contribution in [2.24, 2.45) is 5.41 Å². The number of rotatable bonds is 3. The molecular formula is C8H16Y-2. The van der Waals surface area contributed by atoms with Crippen molar-refractivity contribution in [1.29, 1.82) is 0 Å². The van der Waals surface area contributed by atoms with Crippen LogP contribution in [0.3, 0.4) is 0 Å². The van der Waals surface area contributed by atoms with E-state index >= 15 is 0 Å². The summed E-state index contributed by atoms with van der Waals surface area (Å²) in [4.78, 5) is 0. The Morgan fingerprint density at radius 1 is 1.22 bits per heavy atom. The summed E-state index contributed by atoms with van der Waals surface area (Å²) in [5.74, 6) is 0. The van der Waals surface area contributed by atoms with Gasteiger partial charge in [0, 0.05) is 32.7 Å². The molecule has 0 aliphatic heterocycles. The Morgan fingerprint density at radius 2 is 1.56 bits per heavy atom. The Labute approximate surface area is 84.7 Å². The number of hydrogen-bond acceptors (Lipinski definition) is 0. The van der Waals surface area contributed by atoms with E-state index in [4.69, 9.17) is 0 Å². The summed E-state index contributed by atoms with van der Waals surface area (Å²) in [5, 5.41) is 0. The van der Waals surface area contributed by atoms with Crippen LogP contribution in [0.1, 0.15) is 33.1 Å². The SMILES string of the molecule is [CH2-]CC(C)(C[CH2-])CC.[Y]. The zero-order valence-electron chi connectivity index (χ0n) is 6.61. The van der Waals surface area contributed by atoms with Gasteiger partial charge in [-0.3, -0.25) is 0 Å². The van der Waals surface area contributed by atoms with Gasteiger partial charge in [-0.2, -0.15) is 12.8 Å². The first kappa shape index (κ1) is 12.8. The summed E-state index contributed by atoms with van der Waals surface area (Å²) in [6.07, 6.45) is 3.21. The summed E-state index contributed by atoms with van der Waals surface area (Å²) >= 11 is 0. The normalized spacial score (nSPS) is 10.7. The second-order valence-electron chi connectivity index (χ2n) is 2.66. The van der Waals surface area contributed by atoms with Crippen molar-refractivity contribution >= 4 is 0 Å². The fraction of sp³-hybridized carbons (Fsp3) is 0.750. The smallest absolute Gasteiger partial charge is 0 e. The van der Waals surface area contributed by atoms with Crippen molar-refractivity contribution in [1.82, 2.24) is 0 Å². The van der Waals surface area contributed by atoms with E-state index in [0.717, 1.165) is 12.8 Å². The maximum Gasteiger partial charge on any atom is 0 e. The fourth-order valence-corrected chi connectivity index (χ4v) is 0.479. The van der Waals surface area contributed by atoms with Gasteiger partial charge in [0.1, 0.15) is 0 Å². The van der Waals surface area contributed by atoms with Gasteiger partial charge >= 0.3 is 0 Å². The molecule has 1 heteroatoms. The average molecular weight is 201 g/mol. The Balaban J connectivity index is 0. The third-order valence-corrected chi connectivity index (χ3v) is 2.06. The molecule has 0 aromatic rings. The van der Waals surface area contributed by atoms with Crippen LogP contribution in [0, 0.1) is 19.3 Å². The van der Waals surface area contributed by atoms with E-state index in [0.29, 0.717) is 5.41 Å². The van der Waals surface area contributed by atoms with Gasteiger partial charge < -0.3 is 13.8 Å². The van der Waals surface area contributed by atoms with Crippen molar-refractivity contribution in [3.63, 3.8) is 0 Å². The molecule has 0 aromatic carbocycles. The van der Waals surface area contributed by atoms with Crippen molar-refractivity contribution in [3.8, 4) is 0 Å². The minimum atomic E-state index is 0. The minimum absolute atomic E-state index is 0. The maximum absolute atomic E-state index is 3.86. The Bertz CT molecular complexity index is 47.3. The molecule has 0 bridgehead atoms. The van der Waals surface area contributed by atoms with Gasteiger partial charge in [0.25, 0.3) is 0 Å². The molecule has 9 heavy (non-hydrogen) atoms. The first-order chi connectivity index (χ1) is 3.68. The molecule has 0 aliphatic rings. The monoisotopic (exact) mass is 201 g/mol. The van der Waals surface area contributed by atoms with Crippen LogP contribution in [-0.2, 0) is 32.7 Å². The van der Waals surface area contributed by atoms with Crippen LogP contribution in [0.25, 0.3) is 0 Å². The Morgan fingerprint density at radius 3 is 1.56 bits per heavy atom. The van der Waals surface area contributed by atoms with Crippen molar-refractivity contribution in [2.75, 3.05) is 0 Å². The molecule has 0 nitrogen and oxygen atoms in total. The van der Waals surface area contributed by atoms with Crippen molar-refractivity contribution < 1.29 is 32.7 Å². The Kier molecular flexibility index (Phi) is 8.30. The first-order valence-corrected chi connectivity index (χ1v) is 3.27. The molecule has 0 saturated carbocycles. The van der Waals surface area contributed by atoms with Crippen LogP contribution in [0.4, 0.5) is 0 Å². The van der Waals surface area contributed by atoms with Gasteiger partial charge in [0.05, 0.1) is 0 Å². The Hall–Kier alpha value is 1.10. The largest absolute Gasteiger partial charge is 0.343 e. The molecular weight excluding hydrogens is 185 g/mol. The molecule has 0 heterocycles. The van der Waals surface area contributed by atoms with E-state index in [1.165, 1.54) is 6.42 Å². The zero-order valence-corrected chi connectivity index (χ0v) is 9.45. The van der Waals surface area contributed by atoms with Gasteiger partial charge in [-0.05, 0) is 0 Å². The molecule has 0 fully saturated rings. The quantitative estimate of drug-likeness (QED) is 0.616. The number of hydrogen-bond donors (Lipinski definition) is 0. The van der Waals surface area contributed by atoms with Gasteiger partial charge in [-0.25, -0.2) is 0 Å². The summed E-state index contributed by atoms with van der Waals surface area (Å²) in [6, 6.07) is 0. The zero-order chi connectivity index (χ0) is 6.62. The van der Waals surface area contributed by atoms with Crippen molar-refractivity contribution in [3.05, 3.63) is 13.8 Å². The van der Waals surface area contributed by atoms with Crippen LogP contribution in [-0.4, -0.2) is 0 Å². The predicted molar refractivity (Wildman–Crippen MR) is 38.3 cm³/mol. The average Bonchev–Trinajstić information content (AvgIpc) is 1.87. The van der Waals surface area contributed by atoms with Crippen LogP contribution in [0.2, 0.25) is 0 Å². The van der Waals surface area contributed by atoms with Crippen LogP contribution < -0.4 is 0 Å². The molecule has 0 amide bonds. The molecule has 0 N–H and O–H groups in total. The molecule has 0 saturated heterocycles. The summed E-state index contributed by atoms with van der Waals surface area (Å²) in [6.45, 7) is 12.1. The minimum Gasteiger partial charge on any atom is -0.343 e. The molecule has 0 aliphatic carbocycles. The summed E-state index contributed by atoms with van der Waals surface area (Å²) in [5.41, 5.74) is 0.403. The molecule has 0 atom stereocenters. The topological polar surface area (TPSA) is 0 Å². The molecule has 53 valence electrons. The third kappa shape index (κ3) is 4.50. The predicted octanol–water partition coefficient (Wildman–Crippen LogP) is 2.85. The standard InChI is InChI=1S/C8H16.Y/c1-5-8(4,6-2)7-3;/h1-2,5-7H2,3-4H3;/q-2;. The van der Waals surface area contributed by atoms with Crippen molar-refractivity contribution in [2.45, 2.75) is 33.1 Å². The molecule has 1 radical (unpaired) electrons. The molecule has 0 aromatic heterocycles. The molecule has 0 spiro atoms. The van der Waals surface area contributed by atoms with Gasteiger partial charge in [-0.1, -0.05) is 25.7 Å². The maximum atomic E-state index is 3.86. The van der Waals surface area contributed by atoms with Gasteiger partial charge in [0.15, 0.2) is 0 Å². The fourth-order valence-electron chi connectivity index (χ4n) is 0.479. The second kappa shape index (κ2) is 5.86.